The molecule has 1 unspecified atom stereocenters. The number of likely N-dealkylation sites (N-methyl/N-ethyl adjacent to an activating group) is 2. The minimum atomic E-state index is -4.09. The van der Waals surface area contributed by atoms with Gasteiger partial charge in [0.2, 0.25) is 0 Å². The van der Waals surface area contributed by atoms with Gasteiger partial charge in [-0.2, -0.15) is 13.2 Å². The molecular formula is C40H59F5N4O5. The number of nitrogens with zero attached hydrogens (tertiary/aromatic N) is 2. The molecule has 0 amide bonds. The summed E-state index contributed by atoms with van der Waals surface area (Å²) in [5.74, 6) is -0.960. The topological polar surface area (TPSA) is 119 Å². The molecule has 304 valence electrons. The van der Waals surface area contributed by atoms with Crippen LogP contribution in [0.1, 0.15) is 55.5 Å². The second-order valence-corrected chi connectivity index (χ2v) is 13.0. The molecule has 2 aromatic rings. The van der Waals surface area contributed by atoms with E-state index in [1.807, 2.05) is 13.8 Å². The predicted octanol–water partition coefficient (Wildman–Crippen LogP) is 6.33. The van der Waals surface area contributed by atoms with E-state index in [4.69, 9.17) is 5.11 Å². The summed E-state index contributed by atoms with van der Waals surface area (Å²) < 4.78 is 64.8. The van der Waals surface area contributed by atoms with Crippen LogP contribution in [0.4, 0.5) is 22.0 Å². The Morgan fingerprint density at radius 2 is 1.46 bits per heavy atom. The molecule has 1 saturated heterocycles. The van der Waals surface area contributed by atoms with Gasteiger partial charge in [0.15, 0.2) is 12.6 Å². The highest BCUT2D eigenvalue weighted by Gasteiger charge is 2.46. The Morgan fingerprint density at radius 1 is 0.926 bits per heavy atom. The number of hydrogen-bond donors (Lipinski definition) is 3. The number of aliphatic hydroxyl groups excluding tert-OH is 1. The standard InChI is InChI=1S/C19H21F2NO.C13H17F3N2O2.C4H10.C3H7NO.CH4O/c1-11-8-15(20)9-12(2)18(11)14-7-13(3)19(21)16(10-14)17(22-4)5-6-23;1-17(4-2-3-11(9-19)10-20)5-6-18-7-12(8-18)13(14,15)16;1-4(2)3;1-4-2-3-5;1-2/h6-10,17,22H,5H2,1-4H3;2-4,9-10,12H,5-8H2,1H3;4H,1-3H3;3-4H,2H2,1H3;2H,1H3/b;4-2-;;;. The molecule has 3 rings (SSSR count). The van der Waals surface area contributed by atoms with E-state index in [0.717, 1.165) is 47.9 Å². The van der Waals surface area contributed by atoms with E-state index in [2.05, 4.69) is 31.4 Å². The Balaban J connectivity index is 0. The monoisotopic (exact) mass is 770 g/mol. The molecule has 1 aliphatic rings. The third-order valence-electron chi connectivity index (χ3n) is 7.50. The van der Waals surface area contributed by atoms with Crippen LogP contribution in [0.3, 0.4) is 0 Å². The molecule has 0 saturated carbocycles. The Morgan fingerprint density at radius 3 is 1.87 bits per heavy atom. The fourth-order valence-electron chi connectivity index (χ4n) is 4.88. The van der Waals surface area contributed by atoms with Crippen molar-refractivity contribution in [3.63, 3.8) is 0 Å². The summed E-state index contributed by atoms with van der Waals surface area (Å²) in [7, 11) is 6.20. The summed E-state index contributed by atoms with van der Waals surface area (Å²) >= 11 is 0. The molecule has 1 heterocycles. The fourth-order valence-corrected chi connectivity index (χ4v) is 4.88. The van der Waals surface area contributed by atoms with Gasteiger partial charge in [-0.1, -0.05) is 20.8 Å². The summed E-state index contributed by atoms with van der Waals surface area (Å²) in [5, 5.41) is 12.6. The number of likely N-dealkylation sites (tertiary alicyclic amines) is 1. The molecule has 1 fully saturated rings. The first kappa shape index (κ1) is 52.0. The lowest BCUT2D eigenvalue weighted by molar-refractivity contribution is -0.209. The summed E-state index contributed by atoms with van der Waals surface area (Å²) in [4.78, 5) is 44.4. The zero-order valence-corrected chi connectivity index (χ0v) is 33.2. The van der Waals surface area contributed by atoms with Crippen molar-refractivity contribution in [3.8, 4) is 11.1 Å². The second kappa shape index (κ2) is 28.3. The van der Waals surface area contributed by atoms with Gasteiger partial charge in [0.25, 0.3) is 0 Å². The summed E-state index contributed by atoms with van der Waals surface area (Å²) in [6.45, 7) is 13.6. The number of halogens is 5. The van der Waals surface area contributed by atoms with Crippen molar-refractivity contribution in [1.29, 1.82) is 0 Å². The molecule has 9 nitrogen and oxygen atoms in total. The highest BCUT2D eigenvalue weighted by Crippen LogP contribution is 2.34. The fraction of sp³-hybridized carbons (Fsp3) is 0.500. The van der Waals surface area contributed by atoms with E-state index in [-0.39, 0.29) is 42.8 Å². The quantitative estimate of drug-likeness (QED) is 0.0506. The molecule has 1 aliphatic heterocycles. The van der Waals surface area contributed by atoms with Crippen LogP contribution in [0.25, 0.3) is 11.1 Å². The van der Waals surface area contributed by atoms with Crippen molar-refractivity contribution in [2.75, 3.05) is 61.0 Å². The number of nitrogens with one attached hydrogen (secondary N) is 2. The summed E-state index contributed by atoms with van der Waals surface area (Å²) in [5.41, 5.74) is 4.33. The van der Waals surface area contributed by atoms with Gasteiger partial charge in [-0.3, -0.25) is 9.59 Å². The number of aliphatic hydroxyl groups is 1. The average molecular weight is 771 g/mol. The highest BCUT2D eigenvalue weighted by molar-refractivity contribution is 5.99. The van der Waals surface area contributed by atoms with Crippen molar-refractivity contribution in [2.45, 2.75) is 60.2 Å². The van der Waals surface area contributed by atoms with Crippen LogP contribution in [-0.2, 0) is 19.2 Å². The van der Waals surface area contributed by atoms with Crippen molar-refractivity contribution < 1.29 is 46.2 Å². The molecule has 2 aromatic carbocycles. The van der Waals surface area contributed by atoms with Crippen molar-refractivity contribution >= 4 is 25.1 Å². The molecule has 0 aliphatic carbocycles. The lowest BCUT2D eigenvalue weighted by Crippen LogP contribution is -2.54. The van der Waals surface area contributed by atoms with E-state index >= 15 is 0 Å². The summed E-state index contributed by atoms with van der Waals surface area (Å²) in [6, 6.07) is 6.08. The maximum Gasteiger partial charge on any atom is 0.394 e. The Kier molecular flexibility index (Phi) is 27.3. The molecule has 3 N–H and O–H groups in total. The van der Waals surface area contributed by atoms with Crippen LogP contribution in [0.15, 0.2) is 48.2 Å². The van der Waals surface area contributed by atoms with E-state index in [9.17, 15) is 41.1 Å². The third kappa shape index (κ3) is 20.4. The van der Waals surface area contributed by atoms with Crippen molar-refractivity contribution in [1.82, 2.24) is 20.4 Å². The van der Waals surface area contributed by atoms with E-state index < -0.39 is 12.1 Å². The zero-order valence-electron chi connectivity index (χ0n) is 33.2. The van der Waals surface area contributed by atoms with Crippen LogP contribution in [0, 0.1) is 44.2 Å². The smallest absolute Gasteiger partial charge is 0.394 e. The Bertz CT molecular complexity index is 1440. The minimum Gasteiger partial charge on any atom is -0.400 e. The van der Waals surface area contributed by atoms with Crippen LogP contribution in [0.2, 0.25) is 0 Å². The first-order valence-electron chi connectivity index (χ1n) is 17.4. The molecule has 1 atom stereocenters. The third-order valence-corrected chi connectivity index (χ3v) is 7.50. The van der Waals surface area contributed by atoms with Crippen LogP contribution < -0.4 is 10.6 Å². The number of carbonyl (C=O) groups excluding carboxylic acids is 4. The van der Waals surface area contributed by atoms with Gasteiger partial charge in [0.05, 0.1) is 18.0 Å². The van der Waals surface area contributed by atoms with Crippen molar-refractivity contribution in [3.05, 3.63) is 82.1 Å². The van der Waals surface area contributed by atoms with Gasteiger partial charge < -0.3 is 35.1 Å². The number of allylic oxidation sites excluding steroid dienone is 3. The van der Waals surface area contributed by atoms with Crippen LogP contribution in [0.5, 0.6) is 0 Å². The first-order chi connectivity index (χ1) is 25.4. The number of aldehydes is 4. The van der Waals surface area contributed by atoms with Gasteiger partial charge in [0.1, 0.15) is 24.2 Å². The average Bonchev–Trinajstić information content (AvgIpc) is 3.07. The van der Waals surface area contributed by atoms with Crippen molar-refractivity contribution in [2.24, 2.45) is 11.8 Å². The van der Waals surface area contributed by atoms with E-state index in [0.29, 0.717) is 43.3 Å². The zero-order chi connectivity index (χ0) is 42.0. The molecule has 0 spiro atoms. The maximum atomic E-state index is 14.5. The first-order valence-corrected chi connectivity index (χ1v) is 17.4. The molecule has 0 aromatic heterocycles. The van der Waals surface area contributed by atoms with E-state index in [1.54, 1.807) is 62.3 Å². The summed E-state index contributed by atoms with van der Waals surface area (Å²) in [6.07, 6.45) is 3.19. The molecule has 0 radical (unpaired) electrons. The lowest BCUT2D eigenvalue weighted by atomic mass is 9.90. The number of alkyl halides is 3. The van der Waals surface area contributed by atoms with Gasteiger partial charge in [0, 0.05) is 58.4 Å². The predicted molar refractivity (Wildman–Crippen MR) is 205 cm³/mol. The largest absolute Gasteiger partial charge is 0.400 e. The SMILES string of the molecule is CC(C)C.CN(/C=C\C=C(C=O)C=O)CCN1CC(C(F)(F)F)C1.CNC(CC=O)c1cc(-c2c(C)cc(F)cc2C)cc(C)c1F.CNCC=O.CO. The molecule has 14 heteroatoms. The van der Waals surface area contributed by atoms with Crippen LogP contribution in [-0.4, -0.2) is 107 Å². The normalized spacial score (nSPS) is 12.9. The Hall–Kier alpha value is -4.11. The van der Waals surface area contributed by atoms with Gasteiger partial charge in [-0.15, -0.1) is 0 Å². The molecule has 54 heavy (non-hydrogen) atoms. The highest BCUT2D eigenvalue weighted by atomic mass is 19.4. The van der Waals surface area contributed by atoms with Gasteiger partial charge in [-0.25, -0.2) is 8.78 Å². The van der Waals surface area contributed by atoms with E-state index in [1.165, 1.54) is 18.2 Å². The minimum absolute atomic E-state index is 0.0328. The van der Waals surface area contributed by atoms with Crippen LogP contribution >= 0.6 is 0 Å². The number of benzene rings is 2. The number of aryl methyl sites for hydroxylation is 3. The van der Waals surface area contributed by atoms with Gasteiger partial charge >= 0.3 is 6.18 Å². The molecule has 0 bridgehead atoms. The number of carbonyl (C=O) groups is 4. The Labute approximate surface area is 317 Å². The number of hydrogen-bond acceptors (Lipinski definition) is 9. The number of rotatable bonds is 14. The van der Waals surface area contributed by atoms with Gasteiger partial charge in [-0.05, 0) is 111 Å². The molecular weight excluding hydrogens is 711 g/mol. The maximum absolute atomic E-state index is 14.5. The second-order valence-electron chi connectivity index (χ2n) is 13.0. The lowest BCUT2D eigenvalue weighted by Gasteiger charge is -2.40.